The summed E-state index contributed by atoms with van der Waals surface area (Å²) in [4.78, 5) is 13.6. The van der Waals surface area contributed by atoms with E-state index in [0.717, 1.165) is 16.7 Å². The summed E-state index contributed by atoms with van der Waals surface area (Å²) in [7, 11) is -2.34. The molecule has 1 N–H and O–H groups in total. The number of hydrogen-bond donors (Lipinski definition) is 1. The van der Waals surface area contributed by atoms with E-state index in [2.05, 4.69) is 25.5 Å². The fourth-order valence-corrected chi connectivity index (χ4v) is 4.30. The second kappa shape index (κ2) is 7.47. The lowest BCUT2D eigenvalue weighted by Gasteiger charge is -2.28. The molecule has 6 nitrogen and oxygen atoms in total. The van der Waals surface area contributed by atoms with Gasteiger partial charge < -0.3 is 9.64 Å². The van der Waals surface area contributed by atoms with Crippen molar-refractivity contribution in [3.63, 3.8) is 0 Å². The molecule has 28 heavy (non-hydrogen) atoms. The minimum Gasteiger partial charge on any atom is -0.453 e. The van der Waals surface area contributed by atoms with Gasteiger partial charge in [-0.1, -0.05) is 39.0 Å². The average molecular weight is 403 g/mol. The van der Waals surface area contributed by atoms with Crippen molar-refractivity contribution in [2.75, 3.05) is 18.4 Å². The van der Waals surface area contributed by atoms with Gasteiger partial charge in [-0.15, -0.1) is 0 Å². The Morgan fingerprint density at radius 2 is 1.75 bits per heavy atom. The Hall–Kier alpha value is -2.54. The van der Waals surface area contributed by atoms with Gasteiger partial charge >= 0.3 is 6.09 Å². The van der Waals surface area contributed by atoms with Gasteiger partial charge in [-0.05, 0) is 52.8 Å². The summed E-state index contributed by atoms with van der Waals surface area (Å²) in [5.41, 5.74) is 3.53. The molecule has 150 valence electrons. The maximum Gasteiger partial charge on any atom is 0.409 e. The molecule has 1 amide bonds. The largest absolute Gasteiger partial charge is 0.453 e. The van der Waals surface area contributed by atoms with Crippen LogP contribution in [-0.4, -0.2) is 33.1 Å². The van der Waals surface area contributed by atoms with E-state index in [9.17, 15) is 13.2 Å². The van der Waals surface area contributed by atoms with Crippen LogP contribution in [0.2, 0.25) is 0 Å². The SMILES string of the molecule is COC(=O)N1CCc2ccc(NS(=O)(=O)c3ccc(C(C)(C)C)cc3)cc2C1. The van der Waals surface area contributed by atoms with Crippen LogP contribution in [0.1, 0.15) is 37.5 Å². The first-order valence-corrected chi connectivity index (χ1v) is 10.7. The summed E-state index contributed by atoms with van der Waals surface area (Å²) in [6.45, 7) is 7.24. The smallest absolute Gasteiger partial charge is 0.409 e. The summed E-state index contributed by atoms with van der Waals surface area (Å²) in [6.07, 6.45) is 0.335. The van der Waals surface area contributed by atoms with Crippen molar-refractivity contribution in [1.29, 1.82) is 0 Å². The topological polar surface area (TPSA) is 75.7 Å². The lowest BCUT2D eigenvalue weighted by molar-refractivity contribution is 0.118. The van der Waals surface area contributed by atoms with Crippen LogP contribution in [0.4, 0.5) is 10.5 Å². The monoisotopic (exact) mass is 402 g/mol. The molecule has 0 atom stereocenters. The predicted octanol–water partition coefficient (Wildman–Crippen LogP) is 3.91. The Bertz CT molecular complexity index is 976. The summed E-state index contributed by atoms with van der Waals surface area (Å²) in [5, 5.41) is 0. The number of carbonyl (C=O) groups is 1. The number of hydrogen-bond acceptors (Lipinski definition) is 4. The van der Waals surface area contributed by atoms with Crippen molar-refractivity contribution in [3.8, 4) is 0 Å². The second-order valence-electron chi connectivity index (χ2n) is 8.00. The van der Waals surface area contributed by atoms with Crippen molar-refractivity contribution in [1.82, 2.24) is 4.90 Å². The number of nitrogens with zero attached hydrogens (tertiary/aromatic N) is 1. The standard InChI is InChI=1S/C21H26N2O4S/c1-21(2,3)17-6-9-19(10-7-17)28(25,26)22-18-8-5-15-11-12-23(20(24)27-4)14-16(15)13-18/h5-10,13,22H,11-12,14H2,1-4H3. The van der Waals surface area contributed by atoms with E-state index in [4.69, 9.17) is 4.74 Å². The number of anilines is 1. The zero-order valence-electron chi connectivity index (χ0n) is 16.7. The number of amides is 1. The first-order valence-electron chi connectivity index (χ1n) is 9.18. The summed E-state index contributed by atoms with van der Waals surface area (Å²) < 4.78 is 32.9. The third-order valence-corrected chi connectivity index (χ3v) is 6.33. The average Bonchev–Trinajstić information content (AvgIpc) is 2.66. The number of sulfonamides is 1. The first kappa shape index (κ1) is 20.2. The van der Waals surface area contributed by atoms with Crippen molar-refractivity contribution in [2.45, 2.75) is 44.0 Å². The fraction of sp³-hybridized carbons (Fsp3) is 0.381. The number of fused-ring (bicyclic) bond motifs is 1. The number of nitrogens with one attached hydrogen (secondary N) is 1. The van der Waals surface area contributed by atoms with Gasteiger partial charge in [-0.2, -0.15) is 0 Å². The van der Waals surface area contributed by atoms with Crippen molar-refractivity contribution >= 4 is 21.8 Å². The normalized spacial score (nSPS) is 14.4. The lowest BCUT2D eigenvalue weighted by Crippen LogP contribution is -2.35. The zero-order valence-corrected chi connectivity index (χ0v) is 17.5. The minimum atomic E-state index is -3.69. The highest BCUT2D eigenvalue weighted by molar-refractivity contribution is 7.92. The Morgan fingerprint density at radius 1 is 1.07 bits per heavy atom. The molecule has 2 aromatic rings. The van der Waals surface area contributed by atoms with Crippen LogP contribution in [0.3, 0.4) is 0 Å². The van der Waals surface area contributed by atoms with E-state index in [1.54, 1.807) is 29.2 Å². The molecule has 1 aliphatic heterocycles. The molecule has 3 rings (SSSR count). The van der Waals surface area contributed by atoms with Crippen LogP contribution < -0.4 is 4.72 Å². The van der Waals surface area contributed by atoms with Crippen molar-refractivity contribution < 1.29 is 17.9 Å². The van der Waals surface area contributed by atoms with Gasteiger partial charge in [0.2, 0.25) is 0 Å². The van der Waals surface area contributed by atoms with E-state index >= 15 is 0 Å². The van der Waals surface area contributed by atoms with E-state index < -0.39 is 10.0 Å². The van der Waals surface area contributed by atoms with Gasteiger partial charge in [-0.25, -0.2) is 13.2 Å². The molecular formula is C21H26N2O4S. The zero-order chi connectivity index (χ0) is 20.5. The number of methoxy groups -OCH3 is 1. The predicted molar refractivity (Wildman–Crippen MR) is 109 cm³/mol. The highest BCUT2D eigenvalue weighted by Crippen LogP contribution is 2.26. The van der Waals surface area contributed by atoms with Gasteiger partial charge in [-0.3, -0.25) is 4.72 Å². The molecule has 0 aliphatic carbocycles. The number of ether oxygens (including phenoxy) is 1. The Balaban J connectivity index is 1.81. The molecule has 0 radical (unpaired) electrons. The molecule has 0 fully saturated rings. The number of rotatable bonds is 3. The van der Waals surface area contributed by atoms with Gasteiger partial charge in [0.25, 0.3) is 10.0 Å². The minimum absolute atomic E-state index is 0.0419. The molecule has 0 saturated carbocycles. The number of benzene rings is 2. The van der Waals surface area contributed by atoms with Gasteiger partial charge in [0.1, 0.15) is 0 Å². The highest BCUT2D eigenvalue weighted by atomic mass is 32.2. The molecule has 0 spiro atoms. The van der Waals surface area contributed by atoms with Crippen LogP contribution >= 0.6 is 0 Å². The molecule has 2 aromatic carbocycles. The quantitative estimate of drug-likeness (QED) is 0.845. The third kappa shape index (κ3) is 4.30. The van der Waals surface area contributed by atoms with Gasteiger partial charge in [0.05, 0.1) is 12.0 Å². The van der Waals surface area contributed by atoms with E-state index in [-0.39, 0.29) is 16.4 Å². The molecule has 1 aliphatic rings. The Morgan fingerprint density at radius 3 is 2.36 bits per heavy atom. The molecule has 1 heterocycles. The Kier molecular flexibility index (Phi) is 5.39. The molecule has 0 aromatic heterocycles. The van der Waals surface area contributed by atoms with E-state index in [1.807, 2.05) is 18.2 Å². The van der Waals surface area contributed by atoms with E-state index in [1.165, 1.54) is 7.11 Å². The summed E-state index contributed by atoms with van der Waals surface area (Å²) in [5.74, 6) is 0. The summed E-state index contributed by atoms with van der Waals surface area (Å²) >= 11 is 0. The van der Waals surface area contributed by atoms with Crippen LogP contribution in [0, 0.1) is 0 Å². The van der Waals surface area contributed by atoms with Gasteiger partial charge in [0, 0.05) is 18.8 Å². The molecule has 0 bridgehead atoms. The maximum absolute atomic E-state index is 12.8. The maximum atomic E-state index is 12.8. The Labute approximate surface area is 166 Å². The third-order valence-electron chi connectivity index (χ3n) is 4.93. The summed E-state index contributed by atoms with van der Waals surface area (Å²) in [6, 6.07) is 12.4. The fourth-order valence-electron chi connectivity index (χ4n) is 3.25. The van der Waals surface area contributed by atoms with Crippen LogP contribution in [-0.2, 0) is 33.1 Å². The first-order chi connectivity index (χ1) is 13.1. The lowest BCUT2D eigenvalue weighted by atomic mass is 9.87. The second-order valence-corrected chi connectivity index (χ2v) is 9.69. The van der Waals surface area contributed by atoms with Crippen LogP contribution in [0.15, 0.2) is 47.4 Å². The van der Waals surface area contributed by atoms with E-state index in [0.29, 0.717) is 25.2 Å². The number of carbonyl (C=O) groups excluding carboxylic acids is 1. The van der Waals surface area contributed by atoms with Gasteiger partial charge in [0.15, 0.2) is 0 Å². The highest BCUT2D eigenvalue weighted by Gasteiger charge is 2.22. The van der Waals surface area contributed by atoms with Crippen LogP contribution in [0.5, 0.6) is 0 Å². The van der Waals surface area contributed by atoms with Crippen LogP contribution in [0.25, 0.3) is 0 Å². The molecule has 0 unspecified atom stereocenters. The van der Waals surface area contributed by atoms with Crippen molar-refractivity contribution in [3.05, 3.63) is 59.2 Å². The molecular weight excluding hydrogens is 376 g/mol. The molecule has 0 saturated heterocycles. The van der Waals surface area contributed by atoms with Crippen molar-refractivity contribution in [2.24, 2.45) is 0 Å². The molecule has 7 heteroatoms.